The van der Waals surface area contributed by atoms with Crippen LogP contribution in [0.3, 0.4) is 0 Å². The highest BCUT2D eigenvalue weighted by atomic mass is 35.5. The van der Waals surface area contributed by atoms with Gasteiger partial charge >= 0.3 is 6.03 Å². The summed E-state index contributed by atoms with van der Waals surface area (Å²) in [6, 6.07) is 6.82. The van der Waals surface area contributed by atoms with E-state index in [1.807, 2.05) is 6.92 Å². The Balaban J connectivity index is 2.66. The molecule has 2 N–H and O–H groups in total. The zero-order valence-corrected chi connectivity index (χ0v) is 10.6. The molecule has 0 radical (unpaired) electrons. The number of carbonyl (C=O) groups is 1. The second kappa shape index (κ2) is 7.14. The van der Waals surface area contributed by atoms with Crippen molar-refractivity contribution in [1.82, 2.24) is 4.90 Å². The zero-order valence-electron chi connectivity index (χ0n) is 9.82. The maximum atomic E-state index is 11.9. The highest BCUT2D eigenvalue weighted by Crippen LogP contribution is 2.20. The van der Waals surface area contributed by atoms with Gasteiger partial charge in [0.2, 0.25) is 0 Å². The molecule has 5 heteroatoms. The average Bonchev–Trinajstić information content (AvgIpc) is 2.32. The lowest BCUT2D eigenvalue weighted by molar-refractivity contribution is 0.188. The normalized spacial score (nSPS) is 10.1. The summed E-state index contributed by atoms with van der Waals surface area (Å²) in [5, 5.41) is 12.1. The number of rotatable bonds is 5. The van der Waals surface area contributed by atoms with Gasteiger partial charge in [-0.15, -0.1) is 0 Å². The van der Waals surface area contributed by atoms with Crippen molar-refractivity contribution in [1.29, 1.82) is 0 Å². The molecule has 0 aliphatic heterocycles. The van der Waals surface area contributed by atoms with E-state index in [2.05, 4.69) is 5.32 Å². The van der Waals surface area contributed by atoms with E-state index in [9.17, 15) is 4.79 Å². The molecule has 0 atom stereocenters. The summed E-state index contributed by atoms with van der Waals surface area (Å²) in [5.41, 5.74) is 0.582. The van der Waals surface area contributed by atoms with E-state index in [0.717, 1.165) is 6.42 Å². The lowest BCUT2D eigenvalue weighted by atomic mass is 10.3. The molecule has 1 aromatic carbocycles. The van der Waals surface area contributed by atoms with Crippen LogP contribution in [0.1, 0.15) is 13.3 Å². The first-order valence-corrected chi connectivity index (χ1v) is 5.98. The summed E-state index contributed by atoms with van der Waals surface area (Å²) in [7, 11) is 0. The fourth-order valence-electron chi connectivity index (χ4n) is 1.46. The highest BCUT2D eigenvalue weighted by Gasteiger charge is 2.12. The first kappa shape index (κ1) is 13.8. The summed E-state index contributed by atoms with van der Waals surface area (Å²) in [5.74, 6) is 0. The molecule has 94 valence electrons. The van der Waals surface area contributed by atoms with Gasteiger partial charge < -0.3 is 15.3 Å². The van der Waals surface area contributed by atoms with Gasteiger partial charge in [-0.3, -0.25) is 0 Å². The molecule has 4 nitrogen and oxygen atoms in total. The Morgan fingerprint density at radius 3 is 2.71 bits per heavy atom. The smallest absolute Gasteiger partial charge is 0.321 e. The third-order valence-electron chi connectivity index (χ3n) is 2.27. The van der Waals surface area contributed by atoms with Crippen LogP contribution in [0.4, 0.5) is 10.5 Å². The second-order valence-corrected chi connectivity index (χ2v) is 4.03. The Bertz CT molecular complexity index is 365. The number of para-hydroxylation sites is 1. The van der Waals surface area contributed by atoms with Gasteiger partial charge in [0.1, 0.15) is 0 Å². The number of hydrogen-bond acceptors (Lipinski definition) is 2. The van der Waals surface area contributed by atoms with Crippen molar-refractivity contribution in [3.05, 3.63) is 29.3 Å². The van der Waals surface area contributed by atoms with E-state index in [0.29, 0.717) is 23.8 Å². The molecule has 0 heterocycles. The van der Waals surface area contributed by atoms with Crippen LogP contribution >= 0.6 is 11.6 Å². The number of hydrogen-bond donors (Lipinski definition) is 2. The van der Waals surface area contributed by atoms with Crippen molar-refractivity contribution in [3.8, 4) is 0 Å². The van der Waals surface area contributed by atoms with E-state index in [1.165, 1.54) is 0 Å². The van der Waals surface area contributed by atoms with Crippen molar-refractivity contribution in [2.45, 2.75) is 13.3 Å². The van der Waals surface area contributed by atoms with E-state index in [4.69, 9.17) is 16.7 Å². The first-order chi connectivity index (χ1) is 8.19. The van der Waals surface area contributed by atoms with Crippen LogP contribution in [0.5, 0.6) is 0 Å². The summed E-state index contributed by atoms with van der Waals surface area (Å²) >= 11 is 5.94. The predicted octanol–water partition coefficient (Wildman–Crippen LogP) is 2.58. The number of urea groups is 1. The molecule has 0 saturated heterocycles. The van der Waals surface area contributed by atoms with Crippen LogP contribution < -0.4 is 5.32 Å². The van der Waals surface area contributed by atoms with Gasteiger partial charge in [0.25, 0.3) is 0 Å². The number of benzene rings is 1. The number of aliphatic hydroxyl groups excluding tert-OH is 1. The number of halogens is 1. The summed E-state index contributed by atoms with van der Waals surface area (Å²) in [6.45, 7) is 2.87. The van der Waals surface area contributed by atoms with Crippen molar-refractivity contribution in [3.63, 3.8) is 0 Å². The Morgan fingerprint density at radius 2 is 2.12 bits per heavy atom. The molecule has 0 aliphatic carbocycles. The minimum Gasteiger partial charge on any atom is -0.395 e. The quantitative estimate of drug-likeness (QED) is 0.851. The first-order valence-electron chi connectivity index (χ1n) is 5.60. The van der Waals surface area contributed by atoms with E-state index in [1.54, 1.807) is 29.2 Å². The topological polar surface area (TPSA) is 52.6 Å². The molecule has 1 rings (SSSR count). The Hall–Kier alpha value is -1.26. The van der Waals surface area contributed by atoms with E-state index >= 15 is 0 Å². The van der Waals surface area contributed by atoms with Crippen LogP contribution in [0, 0.1) is 0 Å². The van der Waals surface area contributed by atoms with E-state index in [-0.39, 0.29) is 12.6 Å². The van der Waals surface area contributed by atoms with Crippen LogP contribution in [0.15, 0.2) is 24.3 Å². The second-order valence-electron chi connectivity index (χ2n) is 3.62. The van der Waals surface area contributed by atoms with Crippen molar-refractivity contribution in [2.75, 3.05) is 25.0 Å². The molecule has 0 aliphatic rings. The van der Waals surface area contributed by atoms with Gasteiger partial charge in [-0.05, 0) is 18.6 Å². The molecule has 0 saturated carbocycles. The van der Waals surface area contributed by atoms with Crippen LogP contribution in [-0.2, 0) is 0 Å². The number of amides is 2. The maximum absolute atomic E-state index is 11.9. The molecule has 0 bridgehead atoms. The molecule has 0 unspecified atom stereocenters. The molecule has 1 aromatic rings. The molecule has 17 heavy (non-hydrogen) atoms. The van der Waals surface area contributed by atoms with Gasteiger partial charge in [0.15, 0.2) is 0 Å². The van der Waals surface area contributed by atoms with Crippen LogP contribution in [0.2, 0.25) is 5.02 Å². The lowest BCUT2D eigenvalue weighted by Crippen LogP contribution is -2.37. The summed E-state index contributed by atoms with van der Waals surface area (Å²) in [6.07, 6.45) is 0.843. The molecule has 0 aromatic heterocycles. The Labute approximate surface area is 106 Å². The third kappa shape index (κ3) is 4.24. The summed E-state index contributed by atoms with van der Waals surface area (Å²) < 4.78 is 0. The van der Waals surface area contributed by atoms with Gasteiger partial charge in [-0.2, -0.15) is 0 Å². The van der Waals surface area contributed by atoms with Crippen molar-refractivity contribution < 1.29 is 9.90 Å². The largest absolute Gasteiger partial charge is 0.395 e. The third-order valence-corrected chi connectivity index (χ3v) is 2.60. The minimum absolute atomic E-state index is 0.0457. The van der Waals surface area contributed by atoms with Gasteiger partial charge in [-0.1, -0.05) is 30.7 Å². The Morgan fingerprint density at radius 1 is 1.41 bits per heavy atom. The van der Waals surface area contributed by atoms with Gasteiger partial charge in [0.05, 0.1) is 17.3 Å². The van der Waals surface area contributed by atoms with E-state index < -0.39 is 0 Å². The fourth-order valence-corrected chi connectivity index (χ4v) is 1.65. The molecular weight excluding hydrogens is 240 g/mol. The number of anilines is 1. The number of aliphatic hydroxyl groups is 1. The number of nitrogens with one attached hydrogen (secondary N) is 1. The zero-order chi connectivity index (χ0) is 12.7. The van der Waals surface area contributed by atoms with Crippen molar-refractivity contribution in [2.24, 2.45) is 0 Å². The van der Waals surface area contributed by atoms with Crippen LogP contribution in [-0.4, -0.2) is 35.7 Å². The number of carbonyl (C=O) groups excluding carboxylic acids is 1. The van der Waals surface area contributed by atoms with Gasteiger partial charge in [-0.25, -0.2) is 4.79 Å². The monoisotopic (exact) mass is 256 g/mol. The number of nitrogens with zero attached hydrogens (tertiary/aromatic N) is 1. The molecule has 2 amide bonds. The average molecular weight is 257 g/mol. The SMILES string of the molecule is CCCN(CCO)C(=O)Nc1ccccc1Cl. The van der Waals surface area contributed by atoms with Gasteiger partial charge in [0, 0.05) is 13.1 Å². The molecular formula is C12H17ClN2O2. The Kier molecular flexibility index (Phi) is 5.80. The summed E-state index contributed by atoms with van der Waals surface area (Å²) in [4.78, 5) is 13.4. The maximum Gasteiger partial charge on any atom is 0.321 e. The fraction of sp³-hybridized carbons (Fsp3) is 0.417. The minimum atomic E-state index is -0.242. The van der Waals surface area contributed by atoms with Crippen LogP contribution in [0.25, 0.3) is 0 Å². The van der Waals surface area contributed by atoms with Crippen molar-refractivity contribution >= 4 is 23.3 Å². The lowest BCUT2D eigenvalue weighted by Gasteiger charge is -2.21. The molecule has 0 spiro atoms. The standard InChI is InChI=1S/C12H17ClN2O2/c1-2-7-15(8-9-16)12(17)14-11-6-4-3-5-10(11)13/h3-6,16H,2,7-9H2,1H3,(H,14,17). The molecule has 0 fully saturated rings. The highest BCUT2D eigenvalue weighted by molar-refractivity contribution is 6.33. The predicted molar refractivity (Wildman–Crippen MR) is 69.4 cm³/mol.